The van der Waals surface area contributed by atoms with Crippen molar-refractivity contribution in [2.24, 2.45) is 0 Å². The molecule has 0 amide bonds. The molecule has 0 spiro atoms. The van der Waals surface area contributed by atoms with E-state index in [0.29, 0.717) is 6.61 Å². The van der Waals surface area contributed by atoms with Gasteiger partial charge in [0.25, 0.3) is 0 Å². The highest BCUT2D eigenvalue weighted by atomic mass is 35.5. The number of nitrogens with zero attached hydrogens (tertiary/aromatic N) is 1. The van der Waals surface area contributed by atoms with Gasteiger partial charge in [-0.2, -0.15) is 0 Å². The summed E-state index contributed by atoms with van der Waals surface area (Å²) in [4.78, 5) is 2.41. The van der Waals surface area contributed by atoms with Crippen molar-refractivity contribution in [3.8, 4) is 11.5 Å². The average molecular weight is 408 g/mol. The Morgan fingerprint density at radius 1 is 0.893 bits per heavy atom. The van der Waals surface area contributed by atoms with Gasteiger partial charge in [0, 0.05) is 26.1 Å². The number of methoxy groups -OCH3 is 1. The highest BCUT2D eigenvalue weighted by molar-refractivity contribution is 5.85. The quantitative estimate of drug-likeness (QED) is 0.535. The first-order valence-electron chi connectivity index (χ1n) is 9.93. The van der Waals surface area contributed by atoms with Gasteiger partial charge in [-0.25, -0.2) is 0 Å². The molecule has 0 atom stereocenters. The van der Waals surface area contributed by atoms with Crippen molar-refractivity contribution in [2.45, 2.75) is 32.6 Å². The normalized spacial score (nSPS) is 10.6. The maximum Gasteiger partial charge on any atom is 0.161 e. The predicted octanol–water partition coefficient (Wildman–Crippen LogP) is 4.38. The van der Waals surface area contributed by atoms with Crippen molar-refractivity contribution < 1.29 is 14.6 Å². The van der Waals surface area contributed by atoms with Gasteiger partial charge in [0.05, 0.1) is 13.7 Å². The minimum absolute atomic E-state index is 0. The van der Waals surface area contributed by atoms with E-state index in [4.69, 9.17) is 14.6 Å². The lowest BCUT2D eigenvalue weighted by molar-refractivity contribution is 0.225. The first-order chi connectivity index (χ1) is 13.3. The zero-order chi connectivity index (χ0) is 19.3. The molecular weight excluding hydrogens is 374 g/mol. The molecule has 5 heteroatoms. The molecule has 1 N–H and O–H groups in total. The molecule has 28 heavy (non-hydrogen) atoms. The lowest BCUT2D eigenvalue weighted by Gasteiger charge is -2.21. The minimum atomic E-state index is 0. The van der Waals surface area contributed by atoms with E-state index in [1.54, 1.807) is 7.11 Å². The number of hydrogen-bond acceptors (Lipinski definition) is 4. The minimum Gasteiger partial charge on any atom is -0.493 e. The fourth-order valence-electron chi connectivity index (χ4n) is 3.15. The molecule has 0 aliphatic heterocycles. The largest absolute Gasteiger partial charge is 0.493 e. The van der Waals surface area contributed by atoms with Crippen molar-refractivity contribution in [3.63, 3.8) is 0 Å². The molecule has 0 heterocycles. The molecule has 0 saturated carbocycles. The second-order valence-corrected chi connectivity index (χ2v) is 6.74. The number of aliphatic hydroxyl groups excluding tert-OH is 1. The molecule has 2 aromatic rings. The molecular formula is C23H34ClNO3. The average Bonchev–Trinajstić information content (AvgIpc) is 2.71. The maximum atomic E-state index is 9.07. The van der Waals surface area contributed by atoms with Crippen LogP contribution in [0.15, 0.2) is 48.5 Å². The SMILES string of the molecule is CCCN(CCCO)CCc1ccc(OC)c(OCCc2ccccc2)c1.Cl. The van der Waals surface area contributed by atoms with Crippen LogP contribution in [0.3, 0.4) is 0 Å². The summed E-state index contributed by atoms with van der Waals surface area (Å²) in [5.74, 6) is 1.58. The van der Waals surface area contributed by atoms with E-state index < -0.39 is 0 Å². The number of halogens is 1. The number of benzene rings is 2. The van der Waals surface area contributed by atoms with Gasteiger partial charge in [0.15, 0.2) is 11.5 Å². The number of ether oxygens (including phenoxy) is 2. The molecule has 0 aliphatic rings. The maximum absolute atomic E-state index is 9.07. The van der Waals surface area contributed by atoms with Crippen LogP contribution in [0, 0.1) is 0 Å². The van der Waals surface area contributed by atoms with Crippen LogP contribution in [0.5, 0.6) is 11.5 Å². The van der Waals surface area contributed by atoms with Crippen molar-refractivity contribution in [3.05, 3.63) is 59.7 Å². The molecule has 0 saturated heterocycles. The Labute approximate surface area is 175 Å². The van der Waals surface area contributed by atoms with Crippen LogP contribution in [-0.2, 0) is 12.8 Å². The molecule has 0 bridgehead atoms. The first kappa shape index (κ1) is 24.3. The lowest BCUT2D eigenvalue weighted by Crippen LogP contribution is -2.28. The van der Waals surface area contributed by atoms with E-state index in [-0.39, 0.29) is 19.0 Å². The summed E-state index contributed by atoms with van der Waals surface area (Å²) in [6.45, 7) is 6.07. The van der Waals surface area contributed by atoms with Gasteiger partial charge in [-0.15, -0.1) is 12.4 Å². The number of aliphatic hydroxyl groups is 1. The Morgan fingerprint density at radius 3 is 2.36 bits per heavy atom. The highest BCUT2D eigenvalue weighted by Gasteiger charge is 2.08. The molecule has 2 aromatic carbocycles. The van der Waals surface area contributed by atoms with Crippen LogP contribution in [0.4, 0.5) is 0 Å². The summed E-state index contributed by atoms with van der Waals surface area (Å²) >= 11 is 0. The molecule has 0 aromatic heterocycles. The summed E-state index contributed by atoms with van der Waals surface area (Å²) in [7, 11) is 1.68. The summed E-state index contributed by atoms with van der Waals surface area (Å²) in [6, 6.07) is 16.6. The molecule has 0 fully saturated rings. The summed E-state index contributed by atoms with van der Waals surface area (Å²) in [6.07, 6.45) is 3.79. The van der Waals surface area contributed by atoms with Crippen molar-refractivity contribution in [1.29, 1.82) is 0 Å². The monoisotopic (exact) mass is 407 g/mol. The molecule has 156 valence electrons. The van der Waals surface area contributed by atoms with Crippen molar-refractivity contribution in [1.82, 2.24) is 4.90 Å². The van der Waals surface area contributed by atoms with Gasteiger partial charge in [-0.3, -0.25) is 0 Å². The Kier molecular flexibility index (Phi) is 12.4. The van der Waals surface area contributed by atoms with E-state index in [9.17, 15) is 0 Å². The van der Waals surface area contributed by atoms with Gasteiger partial charge in [0.2, 0.25) is 0 Å². The van der Waals surface area contributed by atoms with Gasteiger partial charge in [-0.1, -0.05) is 43.3 Å². The van der Waals surface area contributed by atoms with Crippen LogP contribution >= 0.6 is 12.4 Å². The van der Waals surface area contributed by atoms with E-state index in [1.165, 1.54) is 11.1 Å². The Bertz CT molecular complexity index is 652. The van der Waals surface area contributed by atoms with Crippen LogP contribution in [-0.4, -0.2) is 50.0 Å². The summed E-state index contributed by atoms with van der Waals surface area (Å²) in [5, 5.41) is 9.07. The number of rotatable bonds is 13. The summed E-state index contributed by atoms with van der Waals surface area (Å²) < 4.78 is 11.5. The highest BCUT2D eigenvalue weighted by Crippen LogP contribution is 2.28. The first-order valence-corrected chi connectivity index (χ1v) is 9.93. The lowest BCUT2D eigenvalue weighted by atomic mass is 10.1. The van der Waals surface area contributed by atoms with Crippen molar-refractivity contribution >= 4 is 12.4 Å². The predicted molar refractivity (Wildman–Crippen MR) is 118 cm³/mol. The topological polar surface area (TPSA) is 41.9 Å². The third-order valence-electron chi connectivity index (χ3n) is 4.61. The van der Waals surface area contributed by atoms with Crippen LogP contribution < -0.4 is 9.47 Å². The third-order valence-corrected chi connectivity index (χ3v) is 4.61. The van der Waals surface area contributed by atoms with Gasteiger partial charge in [0.1, 0.15) is 0 Å². The molecule has 0 unspecified atom stereocenters. The van der Waals surface area contributed by atoms with Crippen molar-refractivity contribution in [2.75, 3.05) is 40.0 Å². The van der Waals surface area contributed by atoms with E-state index in [1.807, 2.05) is 12.1 Å². The van der Waals surface area contributed by atoms with E-state index in [0.717, 1.165) is 56.8 Å². The van der Waals surface area contributed by atoms with Gasteiger partial charge >= 0.3 is 0 Å². The van der Waals surface area contributed by atoms with Crippen LogP contribution in [0.2, 0.25) is 0 Å². The van der Waals surface area contributed by atoms with Crippen LogP contribution in [0.1, 0.15) is 30.9 Å². The third kappa shape index (κ3) is 8.51. The standard InChI is InChI=1S/C23H33NO3.ClH/c1-3-14-24(15-7-17-25)16-12-21-10-11-22(26-2)23(19-21)27-18-13-20-8-5-4-6-9-20;/h4-6,8-11,19,25H,3,7,12-18H2,1-2H3;1H. The van der Waals surface area contributed by atoms with E-state index >= 15 is 0 Å². The number of hydrogen-bond donors (Lipinski definition) is 1. The second-order valence-electron chi connectivity index (χ2n) is 6.74. The summed E-state index contributed by atoms with van der Waals surface area (Å²) in [5.41, 5.74) is 2.52. The molecule has 0 radical (unpaired) electrons. The Balaban J connectivity index is 0.00000392. The fourth-order valence-corrected chi connectivity index (χ4v) is 3.15. The molecule has 0 aliphatic carbocycles. The Morgan fingerprint density at radius 2 is 1.68 bits per heavy atom. The molecule has 2 rings (SSSR count). The van der Waals surface area contributed by atoms with Gasteiger partial charge < -0.3 is 19.5 Å². The smallest absolute Gasteiger partial charge is 0.161 e. The van der Waals surface area contributed by atoms with E-state index in [2.05, 4.69) is 48.2 Å². The fraction of sp³-hybridized carbons (Fsp3) is 0.478. The van der Waals surface area contributed by atoms with Gasteiger partial charge in [-0.05, 0) is 49.1 Å². The molecule has 4 nitrogen and oxygen atoms in total. The Hall–Kier alpha value is -1.75. The zero-order valence-electron chi connectivity index (χ0n) is 17.1. The van der Waals surface area contributed by atoms with Crippen LogP contribution in [0.25, 0.3) is 0 Å². The zero-order valence-corrected chi connectivity index (χ0v) is 17.9. The second kappa shape index (κ2) is 14.3.